The van der Waals surface area contributed by atoms with Crippen LogP contribution in [0, 0.1) is 0 Å². The summed E-state index contributed by atoms with van der Waals surface area (Å²) in [7, 11) is 1.14. The molecule has 13 nitrogen and oxygen atoms in total. The SMILES string of the molecule is COC(=O)C1(OCCCCCCN=[N+]=[N-])CC2OC(=O)N[C@H]2[C@H]([C@H](O)[C@H](O)CO)O1. The third-order valence-corrected chi connectivity index (χ3v) is 5.06. The van der Waals surface area contributed by atoms with Crippen LogP contribution in [-0.4, -0.2) is 90.5 Å². The van der Waals surface area contributed by atoms with Crippen molar-refractivity contribution in [3.05, 3.63) is 10.4 Å². The molecule has 0 aromatic heterocycles. The summed E-state index contributed by atoms with van der Waals surface area (Å²) >= 11 is 0. The zero-order valence-electron chi connectivity index (χ0n) is 16.7. The number of carbonyl (C=O) groups is 2. The van der Waals surface area contributed by atoms with E-state index >= 15 is 0 Å². The number of aliphatic hydroxyl groups is 3. The van der Waals surface area contributed by atoms with Crippen molar-refractivity contribution in [1.29, 1.82) is 0 Å². The number of aliphatic hydroxyl groups excluding tert-OH is 3. The third-order valence-electron chi connectivity index (χ3n) is 5.06. The Balaban J connectivity index is 2.07. The van der Waals surface area contributed by atoms with E-state index in [1.807, 2.05) is 0 Å². The summed E-state index contributed by atoms with van der Waals surface area (Å²) < 4.78 is 21.5. The van der Waals surface area contributed by atoms with E-state index in [1.165, 1.54) is 0 Å². The Hall–Kier alpha value is -2.15. The average molecular weight is 432 g/mol. The van der Waals surface area contributed by atoms with E-state index in [-0.39, 0.29) is 13.0 Å². The minimum absolute atomic E-state index is 0.112. The Labute approximate surface area is 172 Å². The van der Waals surface area contributed by atoms with Crippen LogP contribution in [0.15, 0.2) is 5.11 Å². The lowest BCUT2D eigenvalue weighted by atomic mass is 9.89. The fraction of sp³-hybridized carbons (Fsp3) is 0.882. The van der Waals surface area contributed by atoms with Crippen molar-refractivity contribution in [3.63, 3.8) is 0 Å². The van der Waals surface area contributed by atoms with Crippen LogP contribution < -0.4 is 5.32 Å². The van der Waals surface area contributed by atoms with E-state index < -0.39 is 54.9 Å². The number of fused-ring (bicyclic) bond motifs is 1. The third kappa shape index (κ3) is 5.72. The van der Waals surface area contributed by atoms with Gasteiger partial charge in [0.1, 0.15) is 24.4 Å². The molecule has 13 heteroatoms. The van der Waals surface area contributed by atoms with Crippen molar-refractivity contribution < 1.29 is 43.9 Å². The second-order valence-electron chi connectivity index (χ2n) is 7.10. The molecule has 0 spiro atoms. The number of rotatable bonds is 12. The number of amides is 1. The summed E-state index contributed by atoms with van der Waals surface area (Å²) in [5.74, 6) is -2.82. The largest absolute Gasteiger partial charge is 0.465 e. The van der Waals surface area contributed by atoms with Crippen LogP contribution >= 0.6 is 0 Å². The Kier molecular flexibility index (Phi) is 9.08. The first-order valence-electron chi connectivity index (χ1n) is 9.73. The number of nitrogens with one attached hydrogen (secondary N) is 1. The van der Waals surface area contributed by atoms with Crippen LogP contribution in [-0.2, 0) is 23.7 Å². The van der Waals surface area contributed by atoms with Crippen LogP contribution in [0.3, 0.4) is 0 Å². The molecular weight excluding hydrogens is 404 g/mol. The monoisotopic (exact) mass is 432 g/mol. The van der Waals surface area contributed by atoms with Crippen molar-refractivity contribution in [1.82, 2.24) is 5.32 Å². The normalized spacial score (nSPS) is 29.7. The van der Waals surface area contributed by atoms with Crippen LogP contribution in [0.1, 0.15) is 32.1 Å². The quantitative estimate of drug-likeness (QED) is 0.105. The van der Waals surface area contributed by atoms with Crippen molar-refractivity contribution >= 4 is 12.1 Å². The molecule has 4 N–H and O–H groups in total. The maximum atomic E-state index is 12.5. The molecule has 2 rings (SSSR count). The lowest BCUT2D eigenvalue weighted by molar-refractivity contribution is -0.307. The number of alkyl carbamates (subject to hydrolysis) is 1. The lowest BCUT2D eigenvalue weighted by Gasteiger charge is -2.44. The summed E-state index contributed by atoms with van der Waals surface area (Å²) in [5, 5.41) is 35.3. The van der Waals surface area contributed by atoms with Gasteiger partial charge in [0.25, 0.3) is 5.79 Å². The number of nitrogens with zero attached hydrogens (tertiary/aromatic N) is 3. The van der Waals surface area contributed by atoms with Crippen LogP contribution in [0.5, 0.6) is 0 Å². The van der Waals surface area contributed by atoms with Gasteiger partial charge in [-0.05, 0) is 18.4 Å². The number of esters is 1. The molecule has 2 fully saturated rings. The highest BCUT2D eigenvalue weighted by molar-refractivity contribution is 5.79. The summed E-state index contributed by atoms with van der Waals surface area (Å²) in [6, 6.07) is -0.851. The predicted octanol–water partition coefficient (Wildman–Crippen LogP) is -0.277. The Bertz CT molecular complexity index is 645. The standard InChI is InChI=1S/C17H28N4O9/c1-27-15(25)17(28-7-5-3-2-4-6-19-21-18)8-11-12(20-16(26)29-11)14(30-17)13(24)10(23)9-22/h10-14,22-24H,2-9H2,1H3,(H,20,26)/t10-,11?,12-,13-,14-,17?/m1/s1. The zero-order valence-corrected chi connectivity index (χ0v) is 16.7. The second-order valence-corrected chi connectivity index (χ2v) is 7.10. The second kappa shape index (κ2) is 11.3. The molecule has 1 amide bonds. The van der Waals surface area contributed by atoms with Gasteiger partial charge < -0.3 is 39.6 Å². The van der Waals surface area contributed by atoms with Gasteiger partial charge in [-0.3, -0.25) is 0 Å². The number of hydrogen-bond donors (Lipinski definition) is 4. The molecule has 0 aromatic carbocycles. The number of methoxy groups -OCH3 is 1. The minimum atomic E-state index is -1.95. The molecule has 2 unspecified atom stereocenters. The highest BCUT2D eigenvalue weighted by Gasteiger charge is 2.59. The van der Waals surface area contributed by atoms with E-state index in [1.54, 1.807) is 0 Å². The maximum Gasteiger partial charge on any atom is 0.407 e. The van der Waals surface area contributed by atoms with Gasteiger partial charge >= 0.3 is 12.1 Å². The molecule has 2 aliphatic rings. The fourth-order valence-corrected chi connectivity index (χ4v) is 3.51. The highest BCUT2D eigenvalue weighted by Crippen LogP contribution is 2.37. The first-order valence-corrected chi connectivity index (χ1v) is 9.73. The Morgan fingerprint density at radius 3 is 2.80 bits per heavy atom. The molecule has 0 aliphatic carbocycles. The summed E-state index contributed by atoms with van der Waals surface area (Å²) in [6.45, 7) is -0.239. The van der Waals surface area contributed by atoms with Crippen LogP contribution in [0.4, 0.5) is 4.79 Å². The van der Waals surface area contributed by atoms with E-state index in [4.69, 9.17) is 29.6 Å². The number of hydrogen-bond acceptors (Lipinski definition) is 10. The zero-order chi connectivity index (χ0) is 22.1. The fourth-order valence-electron chi connectivity index (χ4n) is 3.51. The Morgan fingerprint density at radius 2 is 2.13 bits per heavy atom. The molecule has 6 atom stereocenters. The summed E-state index contributed by atoms with van der Waals surface area (Å²) in [4.78, 5) is 26.9. The molecule has 0 bridgehead atoms. The van der Waals surface area contributed by atoms with Crippen molar-refractivity contribution in [2.45, 2.75) is 68.3 Å². The van der Waals surface area contributed by atoms with Gasteiger partial charge in [0.05, 0.1) is 32.8 Å². The number of carbonyl (C=O) groups excluding carboxylic acids is 2. The summed E-state index contributed by atoms with van der Waals surface area (Å²) in [6.07, 6.45) is -3.46. The molecule has 2 saturated heterocycles. The van der Waals surface area contributed by atoms with Gasteiger partial charge in [-0.15, -0.1) is 0 Å². The minimum Gasteiger partial charge on any atom is -0.465 e. The average Bonchev–Trinajstić information content (AvgIpc) is 3.12. The van der Waals surface area contributed by atoms with Crippen molar-refractivity contribution in [2.75, 3.05) is 26.9 Å². The van der Waals surface area contributed by atoms with Gasteiger partial charge in [0.15, 0.2) is 0 Å². The van der Waals surface area contributed by atoms with Crippen molar-refractivity contribution in [2.24, 2.45) is 5.11 Å². The summed E-state index contributed by atoms with van der Waals surface area (Å²) in [5.41, 5.74) is 8.24. The number of azide groups is 1. The van der Waals surface area contributed by atoms with E-state index in [2.05, 4.69) is 15.3 Å². The topological polar surface area (TPSA) is 193 Å². The molecule has 30 heavy (non-hydrogen) atoms. The maximum absolute atomic E-state index is 12.5. The van der Waals surface area contributed by atoms with Crippen LogP contribution in [0.2, 0.25) is 0 Å². The van der Waals surface area contributed by atoms with Gasteiger partial charge in [0, 0.05) is 11.5 Å². The van der Waals surface area contributed by atoms with E-state index in [0.717, 1.165) is 26.4 Å². The molecule has 2 aliphatic heterocycles. The molecule has 2 heterocycles. The first-order chi connectivity index (χ1) is 14.4. The van der Waals surface area contributed by atoms with Gasteiger partial charge in [-0.25, -0.2) is 9.59 Å². The van der Waals surface area contributed by atoms with Crippen molar-refractivity contribution in [3.8, 4) is 0 Å². The Morgan fingerprint density at radius 1 is 1.40 bits per heavy atom. The highest BCUT2D eigenvalue weighted by atomic mass is 16.7. The van der Waals surface area contributed by atoms with Crippen LogP contribution in [0.25, 0.3) is 10.4 Å². The lowest BCUT2D eigenvalue weighted by Crippen LogP contribution is -2.65. The van der Waals surface area contributed by atoms with E-state index in [0.29, 0.717) is 13.0 Å². The van der Waals surface area contributed by atoms with E-state index in [9.17, 15) is 19.8 Å². The van der Waals surface area contributed by atoms with Gasteiger partial charge in [-0.2, -0.15) is 0 Å². The molecule has 170 valence electrons. The predicted molar refractivity (Wildman–Crippen MR) is 99.0 cm³/mol. The molecule has 0 radical (unpaired) electrons. The molecule has 0 aromatic rings. The van der Waals surface area contributed by atoms with Gasteiger partial charge in [-0.1, -0.05) is 18.0 Å². The number of ether oxygens (including phenoxy) is 4. The molecule has 0 saturated carbocycles. The molecular formula is C17H28N4O9. The first kappa shape index (κ1) is 24.1. The van der Waals surface area contributed by atoms with Gasteiger partial charge in [0.2, 0.25) is 0 Å². The number of unbranched alkanes of at least 4 members (excludes halogenated alkanes) is 3. The smallest absolute Gasteiger partial charge is 0.407 e.